The van der Waals surface area contributed by atoms with Crippen LogP contribution in [0.3, 0.4) is 0 Å². The maximum Gasteiger partial charge on any atom is 0.317 e. The lowest BCUT2D eigenvalue weighted by Gasteiger charge is -2.34. The molecule has 5 nitrogen and oxygen atoms in total. The van der Waals surface area contributed by atoms with Crippen molar-refractivity contribution in [3.8, 4) is 0 Å². The second kappa shape index (κ2) is 7.16. The predicted octanol–water partition coefficient (Wildman–Crippen LogP) is 3.47. The first-order valence-corrected chi connectivity index (χ1v) is 9.89. The molecule has 0 atom stereocenters. The first-order valence-electron chi connectivity index (χ1n) is 9.89. The highest BCUT2D eigenvalue weighted by Gasteiger charge is 2.31. The molecule has 2 saturated carbocycles. The van der Waals surface area contributed by atoms with E-state index in [1.165, 1.54) is 63.6 Å². The Morgan fingerprint density at radius 1 is 1.17 bits per heavy atom. The van der Waals surface area contributed by atoms with Gasteiger partial charge in [0.15, 0.2) is 0 Å². The van der Waals surface area contributed by atoms with Gasteiger partial charge in [-0.2, -0.15) is 0 Å². The summed E-state index contributed by atoms with van der Waals surface area (Å²) in [6.45, 7) is 2.59. The highest BCUT2D eigenvalue weighted by molar-refractivity contribution is 5.74. The third-order valence-electron chi connectivity index (χ3n) is 5.81. The van der Waals surface area contributed by atoms with Gasteiger partial charge in [-0.15, -0.1) is 0 Å². The van der Waals surface area contributed by atoms with Crippen LogP contribution in [0.4, 0.5) is 4.79 Å². The predicted molar refractivity (Wildman–Crippen MR) is 93.7 cm³/mol. The molecule has 5 heteroatoms. The van der Waals surface area contributed by atoms with Crippen LogP contribution in [-0.2, 0) is 19.5 Å². The van der Waals surface area contributed by atoms with Crippen LogP contribution in [0.15, 0.2) is 6.20 Å². The van der Waals surface area contributed by atoms with Crippen molar-refractivity contribution in [3.05, 3.63) is 17.7 Å². The number of fused-ring (bicyclic) bond motifs is 1. The summed E-state index contributed by atoms with van der Waals surface area (Å²) in [5, 5.41) is 3.15. The van der Waals surface area contributed by atoms with Crippen LogP contribution in [-0.4, -0.2) is 33.1 Å². The summed E-state index contributed by atoms with van der Waals surface area (Å²) in [5.74, 6) is 1.94. The molecule has 0 bridgehead atoms. The van der Waals surface area contributed by atoms with Gasteiger partial charge in [0.05, 0.1) is 12.2 Å². The number of aryl methyl sites for hydroxylation is 2. The van der Waals surface area contributed by atoms with Crippen molar-refractivity contribution in [1.82, 2.24) is 19.8 Å². The average Bonchev–Trinajstić information content (AvgIpc) is 3.35. The maximum atomic E-state index is 12.8. The van der Waals surface area contributed by atoms with Gasteiger partial charge in [0.1, 0.15) is 5.82 Å². The number of hydrogen-bond acceptors (Lipinski definition) is 2. The highest BCUT2D eigenvalue weighted by Crippen LogP contribution is 2.32. The first kappa shape index (κ1) is 16.0. The fourth-order valence-electron chi connectivity index (χ4n) is 4.19. The summed E-state index contributed by atoms with van der Waals surface area (Å²) < 4.78 is 2.26. The smallest absolute Gasteiger partial charge is 0.317 e. The van der Waals surface area contributed by atoms with Crippen LogP contribution in [0.5, 0.6) is 0 Å². The minimum atomic E-state index is 0.125. The van der Waals surface area contributed by atoms with Crippen molar-refractivity contribution in [2.24, 2.45) is 5.92 Å². The van der Waals surface area contributed by atoms with Crippen LogP contribution in [0.2, 0.25) is 0 Å². The molecule has 4 rings (SSSR count). The zero-order valence-electron chi connectivity index (χ0n) is 14.7. The third kappa shape index (κ3) is 3.76. The van der Waals surface area contributed by atoms with Crippen LogP contribution < -0.4 is 5.32 Å². The standard InChI is InChI=1S/C19H30N4O/c24-19(20-12-16-14-22-11-5-4-8-18(22)21-16)23(13-15-9-10-15)17-6-2-1-3-7-17/h14-15,17H,1-13H2,(H,20,24). The Kier molecular flexibility index (Phi) is 4.76. The zero-order valence-corrected chi connectivity index (χ0v) is 14.7. The number of urea groups is 1. The molecule has 0 radical (unpaired) electrons. The summed E-state index contributed by atoms with van der Waals surface area (Å²) in [6.07, 6.45) is 14.5. The summed E-state index contributed by atoms with van der Waals surface area (Å²) >= 11 is 0. The van der Waals surface area contributed by atoms with Gasteiger partial charge in [0, 0.05) is 31.7 Å². The van der Waals surface area contributed by atoms with Crippen molar-refractivity contribution in [2.45, 2.75) is 83.3 Å². The Bertz CT molecular complexity index is 548. The molecule has 1 aromatic heterocycles. The maximum absolute atomic E-state index is 12.8. The fraction of sp³-hybridized carbons (Fsp3) is 0.789. The summed E-state index contributed by atoms with van der Waals surface area (Å²) in [7, 11) is 0. The topological polar surface area (TPSA) is 50.2 Å². The van der Waals surface area contributed by atoms with Gasteiger partial charge >= 0.3 is 6.03 Å². The SMILES string of the molecule is O=C(NCc1cn2c(n1)CCCC2)N(CC1CC1)C1CCCCC1. The van der Waals surface area contributed by atoms with E-state index in [2.05, 4.69) is 21.0 Å². The van der Waals surface area contributed by atoms with E-state index >= 15 is 0 Å². The Morgan fingerprint density at radius 2 is 2.00 bits per heavy atom. The molecular formula is C19H30N4O. The highest BCUT2D eigenvalue weighted by atomic mass is 16.2. The van der Waals surface area contributed by atoms with Crippen LogP contribution in [0.25, 0.3) is 0 Å². The molecule has 2 amide bonds. The van der Waals surface area contributed by atoms with Crippen LogP contribution in [0.1, 0.15) is 69.3 Å². The van der Waals surface area contributed by atoms with E-state index in [9.17, 15) is 4.79 Å². The number of rotatable bonds is 5. The van der Waals surface area contributed by atoms with Gasteiger partial charge in [0.2, 0.25) is 0 Å². The Hall–Kier alpha value is -1.52. The summed E-state index contributed by atoms with van der Waals surface area (Å²) in [4.78, 5) is 19.6. The van der Waals surface area contributed by atoms with E-state index < -0.39 is 0 Å². The second-order valence-electron chi connectivity index (χ2n) is 7.85. The van der Waals surface area contributed by atoms with Gasteiger partial charge in [-0.1, -0.05) is 19.3 Å². The molecule has 24 heavy (non-hydrogen) atoms. The van der Waals surface area contributed by atoms with Crippen molar-refractivity contribution >= 4 is 6.03 Å². The van der Waals surface area contributed by atoms with Gasteiger partial charge in [-0.25, -0.2) is 9.78 Å². The lowest BCUT2D eigenvalue weighted by Crippen LogP contribution is -2.47. The minimum absolute atomic E-state index is 0.125. The third-order valence-corrected chi connectivity index (χ3v) is 5.81. The normalized spacial score (nSPS) is 21.3. The molecule has 2 fully saturated rings. The van der Waals surface area contributed by atoms with E-state index in [0.29, 0.717) is 12.6 Å². The molecule has 0 saturated heterocycles. The number of amides is 2. The molecule has 0 aromatic carbocycles. The van der Waals surface area contributed by atoms with Crippen molar-refractivity contribution < 1.29 is 4.79 Å². The van der Waals surface area contributed by atoms with Gasteiger partial charge < -0.3 is 14.8 Å². The lowest BCUT2D eigenvalue weighted by atomic mass is 9.94. The number of nitrogens with zero attached hydrogens (tertiary/aromatic N) is 3. The van der Waals surface area contributed by atoms with E-state index in [1.54, 1.807) is 0 Å². The molecule has 0 spiro atoms. The molecule has 2 aliphatic carbocycles. The van der Waals surface area contributed by atoms with E-state index in [4.69, 9.17) is 4.98 Å². The van der Waals surface area contributed by atoms with Gasteiger partial charge in [0.25, 0.3) is 0 Å². The summed E-state index contributed by atoms with van der Waals surface area (Å²) in [5.41, 5.74) is 1.01. The zero-order chi connectivity index (χ0) is 16.4. The fourth-order valence-corrected chi connectivity index (χ4v) is 4.19. The van der Waals surface area contributed by atoms with E-state index in [-0.39, 0.29) is 6.03 Å². The van der Waals surface area contributed by atoms with Gasteiger partial charge in [-0.05, 0) is 44.4 Å². The Balaban J connectivity index is 1.36. The Labute approximate surface area is 144 Å². The number of aromatic nitrogens is 2. The van der Waals surface area contributed by atoms with E-state index in [0.717, 1.165) is 31.1 Å². The molecule has 132 valence electrons. The number of carbonyl (C=O) groups is 1. The number of carbonyl (C=O) groups excluding carboxylic acids is 1. The molecule has 1 aromatic rings. The monoisotopic (exact) mass is 330 g/mol. The molecule has 1 aliphatic heterocycles. The molecule has 0 unspecified atom stereocenters. The number of imidazole rings is 1. The lowest BCUT2D eigenvalue weighted by molar-refractivity contribution is 0.151. The molecule has 2 heterocycles. The average molecular weight is 330 g/mol. The van der Waals surface area contributed by atoms with Crippen molar-refractivity contribution in [1.29, 1.82) is 0 Å². The van der Waals surface area contributed by atoms with Gasteiger partial charge in [-0.3, -0.25) is 0 Å². The molecule has 3 aliphatic rings. The van der Waals surface area contributed by atoms with Crippen LogP contribution >= 0.6 is 0 Å². The summed E-state index contributed by atoms with van der Waals surface area (Å²) in [6, 6.07) is 0.578. The molecular weight excluding hydrogens is 300 g/mol. The van der Waals surface area contributed by atoms with Crippen molar-refractivity contribution in [3.63, 3.8) is 0 Å². The van der Waals surface area contributed by atoms with Crippen LogP contribution in [0, 0.1) is 5.92 Å². The number of hydrogen-bond donors (Lipinski definition) is 1. The minimum Gasteiger partial charge on any atom is -0.335 e. The quantitative estimate of drug-likeness (QED) is 0.898. The van der Waals surface area contributed by atoms with E-state index in [1.807, 2.05) is 0 Å². The number of nitrogens with one attached hydrogen (secondary N) is 1. The largest absolute Gasteiger partial charge is 0.335 e. The Morgan fingerprint density at radius 3 is 2.75 bits per heavy atom. The first-order chi connectivity index (χ1) is 11.8. The van der Waals surface area contributed by atoms with Crippen molar-refractivity contribution in [2.75, 3.05) is 6.54 Å². The molecule has 1 N–H and O–H groups in total. The second-order valence-corrected chi connectivity index (χ2v) is 7.85.